The lowest BCUT2D eigenvalue weighted by Crippen LogP contribution is -2.97. The van der Waals surface area contributed by atoms with E-state index >= 15 is 0 Å². The highest BCUT2D eigenvalue weighted by Gasteiger charge is 2.39. The Kier molecular flexibility index (Phi) is 2.11. The van der Waals surface area contributed by atoms with E-state index in [9.17, 15) is 9.90 Å². The number of hydrogen-bond acceptors (Lipinski definition) is 3. The largest absolute Gasteiger partial charge is 0.544 e. The standard InChI is InChI=1S/C12H14N2O2/c15-12(16)10-5-8-7-3-1-2-4-9(7)14-11(8)6-13-10/h1-4,8,10-11,13-14H,5-6H2,(H,15,16)/t8-,10-,11-/m0/s1. The monoisotopic (exact) mass is 218 g/mol. The fourth-order valence-electron chi connectivity index (χ4n) is 2.86. The second kappa shape index (κ2) is 3.49. The molecule has 2 aliphatic heterocycles. The van der Waals surface area contributed by atoms with Crippen molar-refractivity contribution < 1.29 is 15.2 Å². The number of carboxylic acid groups (broad SMARTS) is 1. The molecule has 0 unspecified atom stereocenters. The van der Waals surface area contributed by atoms with Crippen LogP contribution in [-0.4, -0.2) is 24.6 Å². The minimum atomic E-state index is -0.942. The smallest absolute Gasteiger partial charge is 0.127 e. The van der Waals surface area contributed by atoms with E-state index in [4.69, 9.17) is 0 Å². The molecule has 4 heteroatoms. The normalized spacial score (nSPS) is 31.4. The van der Waals surface area contributed by atoms with E-state index < -0.39 is 12.0 Å². The zero-order valence-corrected chi connectivity index (χ0v) is 8.85. The van der Waals surface area contributed by atoms with Crippen molar-refractivity contribution in [3.05, 3.63) is 29.8 Å². The van der Waals surface area contributed by atoms with Gasteiger partial charge in [0.05, 0.1) is 18.6 Å². The molecule has 3 rings (SSSR count). The van der Waals surface area contributed by atoms with Crippen molar-refractivity contribution >= 4 is 11.7 Å². The summed E-state index contributed by atoms with van der Waals surface area (Å²) in [4.78, 5) is 10.9. The van der Waals surface area contributed by atoms with Crippen molar-refractivity contribution in [1.82, 2.24) is 0 Å². The fourth-order valence-corrected chi connectivity index (χ4v) is 2.86. The van der Waals surface area contributed by atoms with Crippen LogP contribution in [0.4, 0.5) is 5.69 Å². The van der Waals surface area contributed by atoms with Crippen molar-refractivity contribution in [2.75, 3.05) is 11.9 Å². The molecule has 4 nitrogen and oxygen atoms in total. The quantitative estimate of drug-likeness (QED) is 0.612. The van der Waals surface area contributed by atoms with Crippen LogP contribution >= 0.6 is 0 Å². The van der Waals surface area contributed by atoms with Gasteiger partial charge in [-0.15, -0.1) is 0 Å². The third kappa shape index (κ3) is 1.38. The van der Waals surface area contributed by atoms with Gasteiger partial charge < -0.3 is 20.5 Å². The number of carbonyl (C=O) groups is 1. The van der Waals surface area contributed by atoms with Crippen LogP contribution in [0.5, 0.6) is 0 Å². The molecule has 2 aliphatic rings. The van der Waals surface area contributed by atoms with Crippen LogP contribution in [0.1, 0.15) is 17.9 Å². The van der Waals surface area contributed by atoms with Crippen LogP contribution in [0.25, 0.3) is 0 Å². The first kappa shape index (κ1) is 9.66. The lowest BCUT2D eigenvalue weighted by atomic mass is 9.85. The van der Waals surface area contributed by atoms with Gasteiger partial charge in [0.25, 0.3) is 0 Å². The maximum Gasteiger partial charge on any atom is 0.127 e. The number of benzene rings is 1. The Morgan fingerprint density at radius 2 is 2.25 bits per heavy atom. The SMILES string of the molecule is O=C([O-])[C@@H]1C[C@H]2c3ccccc3N[C@H]2C[NH2+]1. The van der Waals surface area contributed by atoms with E-state index in [1.54, 1.807) is 0 Å². The maximum atomic E-state index is 10.9. The molecule has 1 fully saturated rings. The van der Waals surface area contributed by atoms with E-state index in [1.807, 2.05) is 17.4 Å². The summed E-state index contributed by atoms with van der Waals surface area (Å²) in [5.74, 6) is -0.619. The molecule has 84 valence electrons. The molecule has 1 saturated heterocycles. The molecule has 0 aromatic heterocycles. The van der Waals surface area contributed by atoms with E-state index in [2.05, 4.69) is 17.4 Å². The number of nitrogens with one attached hydrogen (secondary N) is 1. The van der Waals surface area contributed by atoms with Crippen LogP contribution in [0.3, 0.4) is 0 Å². The molecule has 16 heavy (non-hydrogen) atoms. The van der Waals surface area contributed by atoms with Crippen LogP contribution in [0, 0.1) is 0 Å². The highest BCUT2D eigenvalue weighted by molar-refractivity contribution is 5.70. The number of carboxylic acids is 1. The van der Waals surface area contributed by atoms with Gasteiger partial charge in [0.2, 0.25) is 0 Å². The van der Waals surface area contributed by atoms with Crippen molar-refractivity contribution in [3.8, 4) is 0 Å². The Labute approximate surface area is 93.7 Å². The van der Waals surface area contributed by atoms with E-state index in [1.165, 1.54) is 5.56 Å². The van der Waals surface area contributed by atoms with Gasteiger partial charge in [0.1, 0.15) is 6.04 Å². The van der Waals surface area contributed by atoms with Gasteiger partial charge in [-0.2, -0.15) is 0 Å². The molecular weight excluding hydrogens is 204 g/mol. The summed E-state index contributed by atoms with van der Waals surface area (Å²) in [7, 11) is 0. The third-order valence-electron chi connectivity index (χ3n) is 3.67. The maximum absolute atomic E-state index is 10.9. The molecule has 0 radical (unpaired) electrons. The summed E-state index contributed by atoms with van der Waals surface area (Å²) < 4.78 is 0. The molecule has 0 amide bonds. The number of quaternary nitrogens is 1. The Hall–Kier alpha value is -1.55. The highest BCUT2D eigenvalue weighted by Crippen LogP contribution is 2.38. The summed E-state index contributed by atoms with van der Waals surface area (Å²) in [6, 6.07) is 8.13. The van der Waals surface area contributed by atoms with Gasteiger partial charge >= 0.3 is 0 Å². The Bertz CT molecular complexity index is 433. The number of rotatable bonds is 1. The number of piperidine rings is 1. The molecule has 0 bridgehead atoms. The average Bonchev–Trinajstić information content (AvgIpc) is 2.66. The van der Waals surface area contributed by atoms with Gasteiger partial charge in [0, 0.05) is 18.0 Å². The van der Waals surface area contributed by atoms with E-state index in [-0.39, 0.29) is 0 Å². The lowest BCUT2D eigenvalue weighted by molar-refractivity contribution is -0.692. The van der Waals surface area contributed by atoms with Gasteiger partial charge in [-0.3, -0.25) is 0 Å². The van der Waals surface area contributed by atoms with Crippen LogP contribution in [-0.2, 0) is 4.79 Å². The minimum absolute atomic E-state index is 0.323. The second-order valence-corrected chi connectivity index (χ2v) is 4.58. The summed E-state index contributed by atoms with van der Waals surface area (Å²) >= 11 is 0. The van der Waals surface area contributed by atoms with E-state index in [0.29, 0.717) is 18.4 Å². The first-order chi connectivity index (χ1) is 7.75. The number of carbonyl (C=O) groups excluding carboxylic acids is 1. The summed E-state index contributed by atoms with van der Waals surface area (Å²) in [6.45, 7) is 0.804. The summed E-state index contributed by atoms with van der Waals surface area (Å²) in [5.41, 5.74) is 2.41. The van der Waals surface area contributed by atoms with Crippen LogP contribution in [0.2, 0.25) is 0 Å². The van der Waals surface area contributed by atoms with Crippen molar-refractivity contribution in [2.45, 2.75) is 24.4 Å². The predicted octanol–water partition coefficient (Wildman–Crippen LogP) is -1.35. The molecule has 0 saturated carbocycles. The zero-order valence-electron chi connectivity index (χ0n) is 8.85. The topological polar surface area (TPSA) is 68.8 Å². The molecule has 2 heterocycles. The average molecular weight is 218 g/mol. The number of nitrogens with two attached hydrogens (primary N) is 1. The first-order valence-corrected chi connectivity index (χ1v) is 5.65. The Morgan fingerprint density at radius 1 is 1.44 bits per heavy atom. The third-order valence-corrected chi connectivity index (χ3v) is 3.67. The van der Waals surface area contributed by atoms with Crippen LogP contribution in [0.15, 0.2) is 24.3 Å². The van der Waals surface area contributed by atoms with Crippen molar-refractivity contribution in [1.29, 1.82) is 0 Å². The highest BCUT2D eigenvalue weighted by atomic mass is 16.4. The fraction of sp³-hybridized carbons (Fsp3) is 0.417. The number of anilines is 1. The molecule has 0 spiro atoms. The van der Waals surface area contributed by atoms with Crippen LogP contribution < -0.4 is 15.7 Å². The molecule has 1 aromatic rings. The Balaban J connectivity index is 1.89. The van der Waals surface area contributed by atoms with Gasteiger partial charge in [0.15, 0.2) is 0 Å². The van der Waals surface area contributed by atoms with E-state index in [0.717, 1.165) is 12.2 Å². The van der Waals surface area contributed by atoms with Gasteiger partial charge in [-0.25, -0.2) is 0 Å². The number of hydrogen-bond donors (Lipinski definition) is 2. The summed E-state index contributed by atoms with van der Waals surface area (Å²) in [5, 5.41) is 16.2. The Morgan fingerprint density at radius 3 is 3.06 bits per heavy atom. The minimum Gasteiger partial charge on any atom is -0.544 e. The predicted molar refractivity (Wildman–Crippen MR) is 56.8 cm³/mol. The van der Waals surface area contributed by atoms with Gasteiger partial charge in [-0.1, -0.05) is 18.2 Å². The summed E-state index contributed by atoms with van der Waals surface area (Å²) in [6.07, 6.45) is 0.664. The zero-order chi connectivity index (χ0) is 11.1. The number of fused-ring (bicyclic) bond motifs is 3. The lowest BCUT2D eigenvalue weighted by Gasteiger charge is -2.30. The molecule has 0 aliphatic carbocycles. The molecule has 3 N–H and O–H groups in total. The molecular formula is C12H14N2O2. The molecule has 1 aromatic carbocycles. The van der Waals surface area contributed by atoms with Crippen molar-refractivity contribution in [3.63, 3.8) is 0 Å². The number of aliphatic carboxylic acids is 1. The number of para-hydroxylation sites is 1. The second-order valence-electron chi connectivity index (χ2n) is 4.58. The van der Waals surface area contributed by atoms with Gasteiger partial charge in [-0.05, 0) is 11.6 Å². The van der Waals surface area contributed by atoms with Crippen molar-refractivity contribution in [2.24, 2.45) is 0 Å². The first-order valence-electron chi connectivity index (χ1n) is 5.65. The molecule has 3 atom stereocenters.